The highest BCUT2D eigenvalue weighted by molar-refractivity contribution is 5.90. The van der Waals surface area contributed by atoms with Gasteiger partial charge in [-0.15, -0.1) is 0 Å². The van der Waals surface area contributed by atoms with Gasteiger partial charge in [0.2, 0.25) is 11.4 Å². The Hall–Kier alpha value is -4.32. The molecule has 35 heavy (non-hydrogen) atoms. The van der Waals surface area contributed by atoms with E-state index in [1.165, 1.54) is 0 Å². The first-order valence-electron chi connectivity index (χ1n) is 11.6. The molecule has 0 bridgehead atoms. The third kappa shape index (κ3) is 5.44. The van der Waals surface area contributed by atoms with Gasteiger partial charge in [-0.2, -0.15) is 9.13 Å². The molecule has 0 aliphatic heterocycles. The molecule has 0 unspecified atom stereocenters. The van der Waals surface area contributed by atoms with Gasteiger partial charge >= 0.3 is 11.9 Å². The van der Waals surface area contributed by atoms with Gasteiger partial charge < -0.3 is 9.47 Å². The van der Waals surface area contributed by atoms with Crippen LogP contribution >= 0.6 is 0 Å². The number of rotatable bonds is 7. The molecule has 0 radical (unpaired) electrons. The average molecular weight is 469 g/mol. The summed E-state index contributed by atoms with van der Waals surface area (Å²) in [6, 6.07) is 20.9. The molecule has 4 aromatic rings. The predicted octanol–water partition coefficient (Wildman–Crippen LogP) is 4.57. The third-order valence-corrected chi connectivity index (χ3v) is 5.65. The Morgan fingerprint density at radius 3 is 1.57 bits per heavy atom. The van der Waals surface area contributed by atoms with Crippen LogP contribution in [0.2, 0.25) is 0 Å². The Morgan fingerprint density at radius 1 is 0.657 bits per heavy atom. The van der Waals surface area contributed by atoms with Crippen LogP contribution in [0.5, 0.6) is 0 Å². The standard InChI is InChI=1S/C29H28N2O4/c1-4-34-28(32)23-6-10-25(11-7-23)30-17-14-22(15-18-30)27-16-19-31(20-21(27)3)26-12-8-24(9-13-26)29(33)35-5-2/h6-20H,4-5H2,1-3H3/q+2. The van der Waals surface area contributed by atoms with Gasteiger partial charge in [0, 0.05) is 48.0 Å². The van der Waals surface area contributed by atoms with Crippen LogP contribution in [-0.4, -0.2) is 25.2 Å². The number of carbonyl (C=O) groups excluding carboxylic acids is 2. The van der Waals surface area contributed by atoms with Gasteiger partial charge in [-0.05, 0) is 56.2 Å². The molecule has 0 saturated carbocycles. The zero-order valence-corrected chi connectivity index (χ0v) is 20.1. The van der Waals surface area contributed by atoms with Crippen molar-refractivity contribution in [2.24, 2.45) is 0 Å². The minimum Gasteiger partial charge on any atom is -0.462 e. The van der Waals surface area contributed by atoms with E-state index >= 15 is 0 Å². The van der Waals surface area contributed by atoms with E-state index in [2.05, 4.69) is 31.3 Å². The van der Waals surface area contributed by atoms with Crippen LogP contribution in [0.25, 0.3) is 22.5 Å². The first-order chi connectivity index (χ1) is 17.0. The summed E-state index contributed by atoms with van der Waals surface area (Å²) < 4.78 is 14.1. The van der Waals surface area contributed by atoms with Gasteiger partial charge in [0.1, 0.15) is 0 Å². The zero-order valence-electron chi connectivity index (χ0n) is 20.1. The number of benzene rings is 2. The SMILES string of the molecule is CCOC(=O)c1ccc(-[n+]2ccc(-c3cc[n+](-c4ccc(C(=O)OCC)cc4)cc3C)cc2)cc1. The maximum atomic E-state index is 11.9. The molecule has 0 fully saturated rings. The lowest BCUT2D eigenvalue weighted by molar-refractivity contribution is -0.596. The number of hydrogen-bond acceptors (Lipinski definition) is 4. The van der Waals surface area contributed by atoms with Gasteiger partial charge in [0.05, 0.1) is 24.3 Å². The van der Waals surface area contributed by atoms with Crippen LogP contribution in [0, 0.1) is 6.92 Å². The van der Waals surface area contributed by atoms with Crippen molar-refractivity contribution in [3.05, 3.63) is 108 Å². The highest BCUT2D eigenvalue weighted by atomic mass is 16.5. The second-order valence-corrected chi connectivity index (χ2v) is 7.98. The van der Waals surface area contributed by atoms with Gasteiger partial charge in [0.15, 0.2) is 24.8 Å². The topological polar surface area (TPSA) is 60.4 Å². The number of ether oxygens (including phenoxy) is 2. The van der Waals surface area contributed by atoms with Crippen molar-refractivity contribution in [2.45, 2.75) is 20.8 Å². The van der Waals surface area contributed by atoms with E-state index < -0.39 is 0 Å². The van der Waals surface area contributed by atoms with Crippen LogP contribution in [0.3, 0.4) is 0 Å². The quantitative estimate of drug-likeness (QED) is 0.295. The van der Waals surface area contributed by atoms with Gasteiger partial charge in [-0.25, -0.2) is 9.59 Å². The number of aromatic nitrogens is 2. The smallest absolute Gasteiger partial charge is 0.338 e. The molecule has 4 rings (SSSR count). The number of nitrogens with zero attached hydrogens (tertiary/aromatic N) is 2. The van der Waals surface area contributed by atoms with Crippen LogP contribution in [0.15, 0.2) is 91.5 Å². The lowest BCUT2D eigenvalue weighted by Crippen LogP contribution is -2.30. The van der Waals surface area contributed by atoms with Crippen molar-refractivity contribution in [1.82, 2.24) is 0 Å². The molecular weight excluding hydrogens is 440 g/mol. The maximum absolute atomic E-state index is 11.9. The average Bonchev–Trinajstić information content (AvgIpc) is 2.89. The van der Waals surface area contributed by atoms with Crippen molar-refractivity contribution in [3.8, 4) is 22.5 Å². The third-order valence-electron chi connectivity index (χ3n) is 5.65. The fourth-order valence-corrected chi connectivity index (χ4v) is 3.84. The summed E-state index contributed by atoms with van der Waals surface area (Å²) in [5.74, 6) is -0.627. The molecule has 2 heterocycles. The van der Waals surface area contributed by atoms with E-state index in [0.29, 0.717) is 24.3 Å². The summed E-state index contributed by atoms with van der Waals surface area (Å²) in [4.78, 5) is 23.7. The van der Waals surface area contributed by atoms with E-state index in [4.69, 9.17) is 9.47 Å². The molecule has 0 aliphatic rings. The van der Waals surface area contributed by atoms with Gasteiger partial charge in [0.25, 0.3) is 0 Å². The monoisotopic (exact) mass is 468 g/mol. The van der Waals surface area contributed by atoms with Crippen molar-refractivity contribution in [2.75, 3.05) is 13.2 Å². The molecule has 0 spiro atoms. The number of aryl methyl sites for hydroxylation is 1. The van der Waals surface area contributed by atoms with Gasteiger partial charge in [-0.3, -0.25) is 0 Å². The van der Waals surface area contributed by atoms with E-state index in [0.717, 1.165) is 28.1 Å². The molecule has 0 N–H and O–H groups in total. The minimum absolute atomic E-state index is 0.313. The fourth-order valence-electron chi connectivity index (χ4n) is 3.84. The number of pyridine rings is 2. The van der Waals surface area contributed by atoms with E-state index in [-0.39, 0.29) is 11.9 Å². The van der Waals surface area contributed by atoms with Gasteiger partial charge in [-0.1, -0.05) is 0 Å². The normalized spacial score (nSPS) is 10.6. The van der Waals surface area contributed by atoms with Crippen LogP contribution < -0.4 is 9.13 Å². The predicted molar refractivity (Wildman–Crippen MR) is 132 cm³/mol. The van der Waals surface area contributed by atoms with Crippen molar-refractivity contribution >= 4 is 11.9 Å². The number of carbonyl (C=O) groups is 2. The second-order valence-electron chi connectivity index (χ2n) is 7.98. The Labute approximate surface area is 205 Å². The molecule has 0 atom stereocenters. The first kappa shape index (κ1) is 23.8. The molecule has 0 saturated heterocycles. The lowest BCUT2D eigenvalue weighted by Gasteiger charge is -2.06. The summed E-state index contributed by atoms with van der Waals surface area (Å²) in [5, 5.41) is 0. The largest absolute Gasteiger partial charge is 0.462 e. The first-order valence-corrected chi connectivity index (χ1v) is 11.6. The minimum atomic E-state index is -0.314. The van der Waals surface area contributed by atoms with E-state index in [9.17, 15) is 9.59 Å². The van der Waals surface area contributed by atoms with Crippen molar-refractivity contribution < 1.29 is 28.2 Å². The Bertz CT molecular complexity index is 1330. The van der Waals surface area contributed by atoms with Crippen LogP contribution in [0.1, 0.15) is 40.1 Å². The molecule has 0 amide bonds. The highest BCUT2D eigenvalue weighted by Gasteiger charge is 2.14. The summed E-state index contributed by atoms with van der Waals surface area (Å²) in [6.07, 6.45) is 8.09. The van der Waals surface area contributed by atoms with Crippen molar-refractivity contribution in [1.29, 1.82) is 0 Å². The molecule has 0 aliphatic carbocycles. The summed E-state index contributed by atoms with van der Waals surface area (Å²) in [6.45, 7) is 6.38. The Balaban J connectivity index is 1.51. The molecule has 176 valence electrons. The molecule has 2 aromatic heterocycles. The lowest BCUT2D eigenvalue weighted by atomic mass is 10.0. The highest BCUT2D eigenvalue weighted by Crippen LogP contribution is 2.21. The van der Waals surface area contributed by atoms with E-state index in [1.54, 1.807) is 38.1 Å². The molecule has 2 aromatic carbocycles. The Kier molecular flexibility index (Phi) is 7.31. The fraction of sp³-hybridized carbons (Fsp3) is 0.172. The second kappa shape index (κ2) is 10.7. The summed E-state index contributed by atoms with van der Waals surface area (Å²) in [7, 11) is 0. The molecule has 6 heteroatoms. The summed E-state index contributed by atoms with van der Waals surface area (Å²) in [5.41, 5.74) is 6.36. The maximum Gasteiger partial charge on any atom is 0.338 e. The van der Waals surface area contributed by atoms with Crippen LogP contribution in [-0.2, 0) is 9.47 Å². The Morgan fingerprint density at radius 2 is 1.11 bits per heavy atom. The van der Waals surface area contributed by atoms with Crippen molar-refractivity contribution in [3.63, 3.8) is 0 Å². The van der Waals surface area contributed by atoms with E-state index in [1.807, 2.05) is 52.0 Å². The number of hydrogen-bond donors (Lipinski definition) is 0. The summed E-state index contributed by atoms with van der Waals surface area (Å²) >= 11 is 0. The molecular formula is C29H28N2O4+2. The number of esters is 2. The van der Waals surface area contributed by atoms with Crippen LogP contribution in [0.4, 0.5) is 0 Å². The zero-order chi connectivity index (χ0) is 24.8. The molecule has 6 nitrogen and oxygen atoms in total.